The molecule has 1 unspecified atom stereocenters. The third-order valence-electron chi connectivity index (χ3n) is 4.38. The summed E-state index contributed by atoms with van der Waals surface area (Å²) < 4.78 is 4.63. The molecule has 0 aliphatic rings. The second kappa shape index (κ2) is 16.7. The molecule has 0 fully saturated rings. The van der Waals surface area contributed by atoms with Crippen molar-refractivity contribution in [1.29, 1.82) is 0 Å². The number of unbranched alkanes of at least 4 members (excludes halogenated alkanes) is 8. The number of hydrogen-bond donors (Lipinski definition) is 0. The lowest BCUT2D eigenvalue weighted by atomic mass is 10.0. The molecule has 140 valence electrons. The van der Waals surface area contributed by atoms with E-state index in [4.69, 9.17) is 0 Å². The molecule has 0 rings (SSSR count). The SMILES string of the molecule is COC(=O)CCCCCCCC(C)/C=C/CCCCCCC(C)=O. The van der Waals surface area contributed by atoms with Crippen molar-refractivity contribution in [3.05, 3.63) is 12.2 Å². The Bertz CT molecular complexity index is 347. The summed E-state index contributed by atoms with van der Waals surface area (Å²) in [4.78, 5) is 21.8. The molecule has 1 atom stereocenters. The first-order chi connectivity index (χ1) is 11.6. The molecule has 0 amide bonds. The molecule has 0 saturated heterocycles. The monoisotopic (exact) mass is 338 g/mol. The molecule has 0 aliphatic heterocycles. The summed E-state index contributed by atoms with van der Waals surface area (Å²) in [6.45, 7) is 3.97. The Morgan fingerprint density at radius 1 is 0.875 bits per heavy atom. The Kier molecular flexibility index (Phi) is 15.9. The van der Waals surface area contributed by atoms with Crippen LogP contribution in [-0.2, 0) is 14.3 Å². The number of allylic oxidation sites excluding steroid dienone is 2. The predicted molar refractivity (Wildman–Crippen MR) is 101 cm³/mol. The summed E-state index contributed by atoms with van der Waals surface area (Å²) in [6.07, 6.45) is 18.9. The predicted octanol–water partition coefficient (Wildman–Crippen LogP) is 6.01. The number of carbonyl (C=O) groups is 2. The van der Waals surface area contributed by atoms with Crippen LogP contribution in [0.15, 0.2) is 12.2 Å². The normalized spacial score (nSPS) is 12.5. The van der Waals surface area contributed by atoms with Gasteiger partial charge in [-0.05, 0) is 44.9 Å². The van der Waals surface area contributed by atoms with Gasteiger partial charge in [0.05, 0.1) is 7.11 Å². The fourth-order valence-electron chi connectivity index (χ4n) is 2.78. The molecule has 0 heterocycles. The highest BCUT2D eigenvalue weighted by Gasteiger charge is 2.00. The van der Waals surface area contributed by atoms with Gasteiger partial charge in [-0.25, -0.2) is 0 Å². The van der Waals surface area contributed by atoms with E-state index in [-0.39, 0.29) is 5.97 Å². The van der Waals surface area contributed by atoms with Crippen LogP contribution >= 0.6 is 0 Å². The van der Waals surface area contributed by atoms with Gasteiger partial charge in [-0.15, -0.1) is 0 Å². The highest BCUT2D eigenvalue weighted by atomic mass is 16.5. The number of ether oxygens (including phenoxy) is 1. The lowest BCUT2D eigenvalue weighted by Gasteiger charge is -2.06. The van der Waals surface area contributed by atoms with Crippen LogP contribution in [-0.4, -0.2) is 18.9 Å². The maximum atomic E-state index is 11.0. The smallest absolute Gasteiger partial charge is 0.305 e. The summed E-state index contributed by atoms with van der Waals surface area (Å²) in [5, 5.41) is 0. The third-order valence-corrected chi connectivity index (χ3v) is 4.38. The van der Waals surface area contributed by atoms with E-state index in [1.807, 2.05) is 0 Å². The van der Waals surface area contributed by atoms with Crippen molar-refractivity contribution >= 4 is 11.8 Å². The number of esters is 1. The maximum Gasteiger partial charge on any atom is 0.305 e. The molecule has 0 bridgehead atoms. The minimum atomic E-state index is -0.0902. The van der Waals surface area contributed by atoms with Crippen molar-refractivity contribution in [3.63, 3.8) is 0 Å². The largest absolute Gasteiger partial charge is 0.469 e. The van der Waals surface area contributed by atoms with Gasteiger partial charge in [-0.1, -0.05) is 57.6 Å². The average Bonchev–Trinajstić information content (AvgIpc) is 2.55. The Balaban J connectivity index is 3.34. The molecule has 3 heteroatoms. The zero-order chi connectivity index (χ0) is 18.0. The van der Waals surface area contributed by atoms with E-state index < -0.39 is 0 Å². The molecular weight excluding hydrogens is 300 g/mol. The van der Waals surface area contributed by atoms with Crippen molar-refractivity contribution < 1.29 is 14.3 Å². The highest BCUT2D eigenvalue weighted by molar-refractivity contribution is 5.75. The van der Waals surface area contributed by atoms with Gasteiger partial charge < -0.3 is 9.53 Å². The molecule has 0 saturated carbocycles. The van der Waals surface area contributed by atoms with E-state index in [0.29, 0.717) is 18.1 Å². The molecule has 0 aromatic carbocycles. The molecule has 0 radical (unpaired) electrons. The van der Waals surface area contributed by atoms with E-state index in [1.165, 1.54) is 52.1 Å². The van der Waals surface area contributed by atoms with Gasteiger partial charge in [0.15, 0.2) is 0 Å². The Hall–Kier alpha value is -1.12. The van der Waals surface area contributed by atoms with Crippen LogP contribution in [0.4, 0.5) is 0 Å². The number of carbonyl (C=O) groups excluding carboxylic acids is 2. The van der Waals surface area contributed by atoms with Crippen LogP contribution in [0, 0.1) is 5.92 Å². The molecule has 0 aromatic rings. The van der Waals surface area contributed by atoms with Gasteiger partial charge in [0.1, 0.15) is 5.78 Å². The van der Waals surface area contributed by atoms with Crippen LogP contribution < -0.4 is 0 Å². The van der Waals surface area contributed by atoms with Gasteiger partial charge in [-0.3, -0.25) is 4.79 Å². The second-order valence-electron chi connectivity index (χ2n) is 6.94. The Labute approximate surface area is 149 Å². The summed E-state index contributed by atoms with van der Waals surface area (Å²) in [5.74, 6) is 0.887. The van der Waals surface area contributed by atoms with Crippen molar-refractivity contribution in [2.24, 2.45) is 5.92 Å². The van der Waals surface area contributed by atoms with Crippen LogP contribution in [0.1, 0.15) is 97.3 Å². The number of hydrogen-bond acceptors (Lipinski definition) is 3. The van der Waals surface area contributed by atoms with E-state index in [9.17, 15) is 9.59 Å². The minimum Gasteiger partial charge on any atom is -0.469 e. The molecule has 0 aliphatic carbocycles. The van der Waals surface area contributed by atoms with E-state index in [0.717, 1.165) is 32.1 Å². The average molecular weight is 339 g/mol. The zero-order valence-electron chi connectivity index (χ0n) is 16.1. The Morgan fingerprint density at radius 3 is 2.12 bits per heavy atom. The molecule has 0 spiro atoms. The number of methoxy groups -OCH3 is 1. The number of Topliss-reactive ketones (excluding diaryl/α,β-unsaturated/α-hetero) is 1. The van der Waals surface area contributed by atoms with Crippen molar-refractivity contribution in [1.82, 2.24) is 0 Å². The summed E-state index contributed by atoms with van der Waals surface area (Å²) >= 11 is 0. The molecule has 24 heavy (non-hydrogen) atoms. The van der Waals surface area contributed by atoms with Crippen LogP contribution in [0.3, 0.4) is 0 Å². The van der Waals surface area contributed by atoms with Gasteiger partial charge in [0, 0.05) is 12.8 Å². The Morgan fingerprint density at radius 2 is 1.46 bits per heavy atom. The van der Waals surface area contributed by atoms with Gasteiger partial charge >= 0.3 is 5.97 Å². The van der Waals surface area contributed by atoms with Gasteiger partial charge in [0.25, 0.3) is 0 Å². The van der Waals surface area contributed by atoms with E-state index >= 15 is 0 Å². The highest BCUT2D eigenvalue weighted by Crippen LogP contribution is 2.14. The number of rotatable bonds is 16. The lowest BCUT2D eigenvalue weighted by molar-refractivity contribution is -0.140. The first-order valence-electron chi connectivity index (χ1n) is 9.79. The van der Waals surface area contributed by atoms with Crippen LogP contribution in [0.5, 0.6) is 0 Å². The van der Waals surface area contributed by atoms with E-state index in [1.54, 1.807) is 6.92 Å². The van der Waals surface area contributed by atoms with Crippen molar-refractivity contribution in [2.75, 3.05) is 7.11 Å². The fraction of sp³-hybridized carbons (Fsp3) is 0.810. The number of ketones is 1. The third kappa shape index (κ3) is 17.2. The van der Waals surface area contributed by atoms with Crippen molar-refractivity contribution in [3.8, 4) is 0 Å². The van der Waals surface area contributed by atoms with Gasteiger partial charge in [0.2, 0.25) is 0 Å². The first kappa shape index (κ1) is 22.9. The molecule has 0 aromatic heterocycles. The topological polar surface area (TPSA) is 43.4 Å². The molecular formula is C21H38O3. The van der Waals surface area contributed by atoms with E-state index in [2.05, 4.69) is 23.8 Å². The summed E-state index contributed by atoms with van der Waals surface area (Å²) in [7, 11) is 1.45. The van der Waals surface area contributed by atoms with Crippen LogP contribution in [0.2, 0.25) is 0 Å². The second-order valence-corrected chi connectivity index (χ2v) is 6.94. The molecule has 3 nitrogen and oxygen atoms in total. The summed E-state index contributed by atoms with van der Waals surface area (Å²) in [5.41, 5.74) is 0. The fourth-order valence-corrected chi connectivity index (χ4v) is 2.78. The minimum absolute atomic E-state index is 0.0902. The standard InChI is InChI=1S/C21H38O3/c1-19(15-11-7-4-5-9-13-17-20(2)22)16-12-8-6-10-14-18-21(23)24-3/h11,15,19H,4-10,12-14,16-18H2,1-3H3/b15-11+. The lowest BCUT2D eigenvalue weighted by Crippen LogP contribution is -1.99. The molecule has 0 N–H and O–H groups in total. The van der Waals surface area contributed by atoms with Gasteiger partial charge in [-0.2, -0.15) is 0 Å². The zero-order valence-corrected chi connectivity index (χ0v) is 16.1. The maximum absolute atomic E-state index is 11.0. The van der Waals surface area contributed by atoms with Crippen molar-refractivity contribution in [2.45, 2.75) is 97.3 Å². The summed E-state index contributed by atoms with van der Waals surface area (Å²) in [6, 6.07) is 0. The quantitative estimate of drug-likeness (QED) is 0.196. The first-order valence-corrected chi connectivity index (χ1v) is 9.79. The van der Waals surface area contributed by atoms with Crippen LogP contribution in [0.25, 0.3) is 0 Å².